The van der Waals surface area contributed by atoms with E-state index >= 15 is 0 Å². The van der Waals surface area contributed by atoms with Crippen LogP contribution < -0.4 is 0 Å². The number of alkyl halides is 1. The molecular formula is C20H22ClNO2. The second kappa shape index (κ2) is 8.32. The van der Waals surface area contributed by atoms with Crippen LogP contribution in [0.25, 0.3) is 11.1 Å². The predicted molar refractivity (Wildman–Crippen MR) is 97.2 cm³/mol. The maximum atomic E-state index is 12.3. The van der Waals surface area contributed by atoms with Crippen molar-refractivity contribution in [1.82, 2.24) is 4.90 Å². The van der Waals surface area contributed by atoms with E-state index in [1.807, 2.05) is 18.2 Å². The number of carbonyl (C=O) groups excluding carboxylic acids is 1. The normalized spacial score (nSPS) is 16.0. The van der Waals surface area contributed by atoms with Gasteiger partial charge in [0.05, 0.1) is 13.2 Å². The standard InChI is InChI=1S/C20H22ClNO2/c21-19(20(23)22-12-14-24-15-13-22)11-8-16-6-9-18(10-7-16)17-4-2-1-3-5-17/h1-7,9-10,19H,8,11-15H2. The summed E-state index contributed by atoms with van der Waals surface area (Å²) in [4.78, 5) is 14.1. The van der Waals surface area contributed by atoms with E-state index in [4.69, 9.17) is 16.3 Å². The van der Waals surface area contributed by atoms with Crippen LogP contribution in [0.4, 0.5) is 0 Å². The molecular weight excluding hydrogens is 322 g/mol. The highest BCUT2D eigenvalue weighted by molar-refractivity contribution is 6.30. The summed E-state index contributed by atoms with van der Waals surface area (Å²) in [5, 5.41) is -0.461. The second-order valence-electron chi connectivity index (χ2n) is 6.01. The van der Waals surface area contributed by atoms with Gasteiger partial charge in [-0.05, 0) is 29.5 Å². The lowest BCUT2D eigenvalue weighted by Gasteiger charge is -2.28. The lowest BCUT2D eigenvalue weighted by molar-refractivity contribution is -0.134. The van der Waals surface area contributed by atoms with Crippen molar-refractivity contribution in [2.24, 2.45) is 0 Å². The van der Waals surface area contributed by atoms with Crippen molar-refractivity contribution in [3.05, 3.63) is 60.2 Å². The molecule has 0 saturated carbocycles. The van der Waals surface area contributed by atoms with E-state index in [0.29, 0.717) is 32.7 Å². The summed E-state index contributed by atoms with van der Waals surface area (Å²) in [6, 6.07) is 18.8. The van der Waals surface area contributed by atoms with E-state index in [0.717, 1.165) is 6.42 Å². The molecule has 1 heterocycles. The number of nitrogens with zero attached hydrogens (tertiary/aromatic N) is 1. The topological polar surface area (TPSA) is 29.5 Å². The second-order valence-corrected chi connectivity index (χ2v) is 6.53. The van der Waals surface area contributed by atoms with Gasteiger partial charge in [-0.25, -0.2) is 0 Å². The highest BCUT2D eigenvalue weighted by atomic mass is 35.5. The summed E-state index contributed by atoms with van der Waals surface area (Å²) >= 11 is 6.31. The molecule has 0 bridgehead atoms. The molecule has 0 spiro atoms. The van der Waals surface area contributed by atoms with Crippen molar-refractivity contribution >= 4 is 17.5 Å². The maximum absolute atomic E-state index is 12.3. The first kappa shape index (κ1) is 17.0. The number of ether oxygens (including phenoxy) is 1. The number of carbonyl (C=O) groups is 1. The zero-order valence-corrected chi connectivity index (χ0v) is 14.4. The zero-order chi connectivity index (χ0) is 16.8. The number of hydrogen-bond acceptors (Lipinski definition) is 2. The minimum Gasteiger partial charge on any atom is -0.378 e. The van der Waals surface area contributed by atoms with Gasteiger partial charge in [-0.15, -0.1) is 11.6 Å². The van der Waals surface area contributed by atoms with Crippen molar-refractivity contribution in [2.75, 3.05) is 26.3 Å². The first-order valence-electron chi connectivity index (χ1n) is 8.39. The van der Waals surface area contributed by atoms with Crippen LogP contribution in [0.2, 0.25) is 0 Å². The Hall–Kier alpha value is -1.84. The van der Waals surface area contributed by atoms with E-state index in [1.165, 1.54) is 16.7 Å². The molecule has 0 N–H and O–H groups in total. The molecule has 1 aliphatic rings. The molecule has 24 heavy (non-hydrogen) atoms. The van der Waals surface area contributed by atoms with Gasteiger partial charge in [-0.2, -0.15) is 0 Å². The number of hydrogen-bond donors (Lipinski definition) is 0. The van der Waals surface area contributed by atoms with E-state index in [1.54, 1.807) is 4.90 Å². The zero-order valence-electron chi connectivity index (χ0n) is 13.7. The molecule has 3 nitrogen and oxygen atoms in total. The number of amides is 1. The minimum atomic E-state index is -0.461. The predicted octanol–water partition coefficient (Wildman–Crippen LogP) is 3.75. The van der Waals surface area contributed by atoms with E-state index in [2.05, 4.69) is 36.4 Å². The monoisotopic (exact) mass is 343 g/mol. The Balaban J connectivity index is 1.53. The Morgan fingerprint density at radius 2 is 1.62 bits per heavy atom. The molecule has 1 amide bonds. The number of rotatable bonds is 5. The molecule has 1 atom stereocenters. The van der Waals surface area contributed by atoms with Crippen LogP contribution in [0, 0.1) is 0 Å². The maximum Gasteiger partial charge on any atom is 0.240 e. The van der Waals surface area contributed by atoms with Gasteiger partial charge in [-0.3, -0.25) is 4.79 Å². The third-order valence-corrected chi connectivity index (χ3v) is 4.74. The van der Waals surface area contributed by atoms with Crippen LogP contribution in [0.1, 0.15) is 12.0 Å². The highest BCUT2D eigenvalue weighted by Crippen LogP contribution is 2.20. The van der Waals surface area contributed by atoms with Crippen molar-refractivity contribution in [2.45, 2.75) is 18.2 Å². The van der Waals surface area contributed by atoms with Gasteiger partial charge in [0.1, 0.15) is 5.38 Å². The fourth-order valence-corrected chi connectivity index (χ4v) is 3.14. The fraction of sp³-hybridized carbons (Fsp3) is 0.350. The SMILES string of the molecule is O=C(C(Cl)CCc1ccc(-c2ccccc2)cc1)N1CCOCC1. The minimum absolute atomic E-state index is 0.0286. The number of halogens is 1. The quantitative estimate of drug-likeness (QED) is 0.774. The summed E-state index contributed by atoms with van der Waals surface area (Å²) in [5.41, 5.74) is 3.61. The van der Waals surface area contributed by atoms with Gasteiger partial charge >= 0.3 is 0 Å². The summed E-state index contributed by atoms with van der Waals surface area (Å²) < 4.78 is 5.27. The third-order valence-electron chi connectivity index (χ3n) is 4.34. The first-order valence-corrected chi connectivity index (χ1v) is 8.82. The molecule has 2 aromatic rings. The smallest absolute Gasteiger partial charge is 0.240 e. The molecule has 2 aromatic carbocycles. The summed E-state index contributed by atoms with van der Waals surface area (Å²) in [7, 11) is 0. The van der Waals surface area contributed by atoms with Gasteiger partial charge in [0.2, 0.25) is 5.91 Å². The lowest BCUT2D eigenvalue weighted by atomic mass is 10.0. The molecule has 0 radical (unpaired) electrons. The van der Waals surface area contributed by atoms with Crippen molar-refractivity contribution in [1.29, 1.82) is 0 Å². The van der Waals surface area contributed by atoms with E-state index < -0.39 is 5.38 Å². The summed E-state index contributed by atoms with van der Waals surface area (Å²) in [6.07, 6.45) is 1.46. The van der Waals surface area contributed by atoms with Crippen molar-refractivity contribution < 1.29 is 9.53 Å². The van der Waals surface area contributed by atoms with Gasteiger partial charge < -0.3 is 9.64 Å². The Labute approximate surface area is 148 Å². The Morgan fingerprint density at radius 3 is 2.29 bits per heavy atom. The van der Waals surface area contributed by atoms with Gasteiger partial charge in [-0.1, -0.05) is 54.6 Å². The molecule has 4 heteroatoms. The molecule has 0 aliphatic carbocycles. The average molecular weight is 344 g/mol. The Morgan fingerprint density at radius 1 is 1.00 bits per heavy atom. The first-order chi connectivity index (χ1) is 11.7. The molecule has 1 fully saturated rings. The van der Waals surface area contributed by atoms with Crippen LogP contribution in [0.5, 0.6) is 0 Å². The van der Waals surface area contributed by atoms with Gasteiger partial charge in [0.15, 0.2) is 0 Å². The largest absolute Gasteiger partial charge is 0.378 e. The molecule has 1 unspecified atom stereocenters. The summed E-state index contributed by atoms with van der Waals surface area (Å²) in [5.74, 6) is 0.0286. The Kier molecular flexibility index (Phi) is 5.89. The highest BCUT2D eigenvalue weighted by Gasteiger charge is 2.23. The van der Waals surface area contributed by atoms with E-state index in [-0.39, 0.29) is 5.91 Å². The van der Waals surface area contributed by atoms with Crippen LogP contribution in [-0.4, -0.2) is 42.5 Å². The molecule has 1 saturated heterocycles. The van der Waals surface area contributed by atoms with Crippen LogP contribution in [-0.2, 0) is 16.0 Å². The average Bonchev–Trinajstić information content (AvgIpc) is 2.67. The fourth-order valence-electron chi connectivity index (χ4n) is 2.89. The number of morpholine rings is 1. The van der Waals surface area contributed by atoms with Crippen LogP contribution in [0.3, 0.4) is 0 Å². The lowest BCUT2D eigenvalue weighted by Crippen LogP contribution is -2.44. The summed E-state index contributed by atoms with van der Waals surface area (Å²) in [6.45, 7) is 2.51. The van der Waals surface area contributed by atoms with Gasteiger partial charge in [0, 0.05) is 13.1 Å². The van der Waals surface area contributed by atoms with Crippen molar-refractivity contribution in [3.8, 4) is 11.1 Å². The van der Waals surface area contributed by atoms with Gasteiger partial charge in [0.25, 0.3) is 0 Å². The van der Waals surface area contributed by atoms with E-state index in [9.17, 15) is 4.79 Å². The van der Waals surface area contributed by atoms with Crippen molar-refractivity contribution in [3.63, 3.8) is 0 Å². The molecule has 126 valence electrons. The molecule has 3 rings (SSSR count). The Bertz CT molecular complexity index is 651. The number of aryl methyl sites for hydroxylation is 1. The van der Waals surface area contributed by atoms with Crippen LogP contribution >= 0.6 is 11.6 Å². The number of benzene rings is 2. The molecule has 0 aromatic heterocycles. The molecule has 1 aliphatic heterocycles. The third kappa shape index (κ3) is 4.37. The van der Waals surface area contributed by atoms with Crippen LogP contribution in [0.15, 0.2) is 54.6 Å².